The predicted octanol–water partition coefficient (Wildman–Crippen LogP) is 4.85. The van der Waals surface area contributed by atoms with Crippen LogP contribution in [0.3, 0.4) is 0 Å². The van der Waals surface area contributed by atoms with E-state index in [-0.39, 0.29) is 30.4 Å². The number of nitrogens with zero attached hydrogens (tertiary/aromatic N) is 2. The fourth-order valence-electron chi connectivity index (χ4n) is 3.40. The van der Waals surface area contributed by atoms with Crippen LogP contribution in [0.25, 0.3) is 0 Å². The van der Waals surface area contributed by atoms with Gasteiger partial charge in [-0.25, -0.2) is 4.39 Å². The van der Waals surface area contributed by atoms with E-state index >= 15 is 0 Å². The summed E-state index contributed by atoms with van der Waals surface area (Å²) in [6.07, 6.45) is 0. The summed E-state index contributed by atoms with van der Waals surface area (Å²) in [4.78, 5) is 16.9. The molecule has 1 saturated heterocycles. The molecule has 0 aromatic heterocycles. The molecule has 0 bridgehead atoms. The van der Waals surface area contributed by atoms with Gasteiger partial charge in [0.15, 0.2) is 6.61 Å². The van der Waals surface area contributed by atoms with E-state index in [0.29, 0.717) is 12.3 Å². The Kier molecular flexibility index (Phi) is 7.12. The van der Waals surface area contributed by atoms with Gasteiger partial charge in [-0.15, -0.1) is 0 Å². The molecule has 28 heavy (non-hydrogen) atoms. The molecule has 1 aliphatic rings. The lowest BCUT2D eigenvalue weighted by Crippen LogP contribution is -2.58. The first kappa shape index (κ1) is 21.3. The molecule has 1 amide bonds. The molecule has 2 aromatic rings. The van der Waals surface area contributed by atoms with Crippen molar-refractivity contribution in [3.8, 4) is 5.75 Å². The maximum Gasteiger partial charge on any atom is 0.260 e. The molecule has 7 heteroatoms. The van der Waals surface area contributed by atoms with Crippen molar-refractivity contribution in [3.05, 3.63) is 62.8 Å². The Morgan fingerprint density at radius 1 is 1.11 bits per heavy atom. The van der Waals surface area contributed by atoms with Crippen LogP contribution in [0.1, 0.15) is 19.4 Å². The quantitative estimate of drug-likeness (QED) is 0.573. The number of ether oxygens (including phenoxy) is 1. The Hall–Kier alpha value is -1.44. The number of carbonyl (C=O) groups is 1. The summed E-state index contributed by atoms with van der Waals surface area (Å²) in [6.45, 7) is 6.34. The van der Waals surface area contributed by atoms with Gasteiger partial charge in [-0.1, -0.05) is 28.1 Å². The van der Waals surface area contributed by atoms with E-state index < -0.39 is 0 Å². The van der Waals surface area contributed by atoms with Gasteiger partial charge in [-0.3, -0.25) is 9.69 Å². The van der Waals surface area contributed by atoms with Crippen molar-refractivity contribution >= 4 is 37.8 Å². The number of hydrogen-bond donors (Lipinski definition) is 0. The lowest BCUT2D eigenvalue weighted by atomic mass is 10.1. The molecule has 0 N–H and O–H groups in total. The second-order valence-electron chi connectivity index (χ2n) is 7.16. The third kappa shape index (κ3) is 5.33. The van der Waals surface area contributed by atoms with Crippen molar-refractivity contribution in [1.29, 1.82) is 0 Å². The summed E-state index contributed by atoms with van der Waals surface area (Å²) in [5.41, 5.74) is 1.07. The molecule has 0 spiro atoms. The van der Waals surface area contributed by atoms with Crippen molar-refractivity contribution in [3.63, 3.8) is 0 Å². The lowest BCUT2D eigenvalue weighted by molar-refractivity contribution is -0.139. The maximum atomic E-state index is 13.1. The number of amides is 1. The van der Waals surface area contributed by atoms with Crippen LogP contribution in [0.15, 0.2) is 51.4 Å². The predicted molar refractivity (Wildman–Crippen MR) is 115 cm³/mol. The zero-order valence-corrected chi connectivity index (χ0v) is 19.0. The van der Waals surface area contributed by atoms with Gasteiger partial charge in [0.25, 0.3) is 5.91 Å². The highest BCUT2D eigenvalue weighted by molar-refractivity contribution is 9.11. The molecule has 0 aliphatic carbocycles. The first-order valence-corrected chi connectivity index (χ1v) is 10.8. The van der Waals surface area contributed by atoms with E-state index in [1.165, 1.54) is 12.1 Å². The number of hydrogen-bond acceptors (Lipinski definition) is 3. The molecular formula is C21H23Br2FN2O2. The highest BCUT2D eigenvalue weighted by atomic mass is 79.9. The first-order valence-electron chi connectivity index (χ1n) is 9.19. The molecule has 1 aliphatic heterocycles. The molecule has 0 saturated carbocycles. The van der Waals surface area contributed by atoms with Crippen molar-refractivity contribution in [2.45, 2.75) is 32.5 Å². The molecule has 2 aromatic carbocycles. The van der Waals surface area contributed by atoms with Crippen LogP contribution in [-0.2, 0) is 11.3 Å². The van der Waals surface area contributed by atoms with Gasteiger partial charge < -0.3 is 9.64 Å². The summed E-state index contributed by atoms with van der Waals surface area (Å²) in [7, 11) is 0. The highest BCUT2D eigenvalue weighted by Crippen LogP contribution is 2.28. The Balaban J connectivity index is 1.57. The molecule has 2 atom stereocenters. The minimum Gasteiger partial charge on any atom is -0.483 e. The van der Waals surface area contributed by atoms with Gasteiger partial charge in [-0.05, 0) is 65.7 Å². The Morgan fingerprint density at radius 2 is 1.82 bits per heavy atom. The van der Waals surface area contributed by atoms with E-state index in [9.17, 15) is 9.18 Å². The fraction of sp³-hybridized carbons (Fsp3) is 0.381. The van der Waals surface area contributed by atoms with Crippen LogP contribution in [0.5, 0.6) is 5.75 Å². The topological polar surface area (TPSA) is 32.8 Å². The zero-order valence-electron chi connectivity index (χ0n) is 15.9. The number of carbonyl (C=O) groups excluding carboxylic acids is 1. The Morgan fingerprint density at radius 3 is 2.50 bits per heavy atom. The van der Waals surface area contributed by atoms with Gasteiger partial charge in [0.05, 0.1) is 4.47 Å². The minimum atomic E-state index is -0.224. The first-order chi connectivity index (χ1) is 13.3. The lowest BCUT2D eigenvalue weighted by Gasteiger charge is -2.44. The van der Waals surface area contributed by atoms with Crippen LogP contribution in [-0.4, -0.2) is 47.5 Å². The third-order valence-corrected chi connectivity index (χ3v) is 6.09. The summed E-state index contributed by atoms with van der Waals surface area (Å²) in [6, 6.07) is 12.5. The molecule has 1 heterocycles. The fourth-order valence-corrected chi connectivity index (χ4v) is 4.57. The molecule has 4 nitrogen and oxygen atoms in total. The average Bonchev–Trinajstić information content (AvgIpc) is 2.65. The zero-order chi connectivity index (χ0) is 20.3. The third-order valence-electron chi connectivity index (χ3n) is 4.98. The van der Waals surface area contributed by atoms with Gasteiger partial charge in [0.2, 0.25) is 0 Å². The Bertz CT molecular complexity index is 832. The smallest absolute Gasteiger partial charge is 0.260 e. The van der Waals surface area contributed by atoms with Crippen LogP contribution >= 0.6 is 31.9 Å². The van der Waals surface area contributed by atoms with E-state index in [1.54, 1.807) is 0 Å². The largest absolute Gasteiger partial charge is 0.483 e. The summed E-state index contributed by atoms with van der Waals surface area (Å²) in [5, 5.41) is 0. The molecule has 150 valence electrons. The summed E-state index contributed by atoms with van der Waals surface area (Å²) in [5.74, 6) is 0.404. The highest BCUT2D eigenvalue weighted by Gasteiger charge is 2.32. The number of rotatable bonds is 5. The molecule has 2 unspecified atom stereocenters. The van der Waals surface area contributed by atoms with Crippen LogP contribution < -0.4 is 4.74 Å². The van der Waals surface area contributed by atoms with E-state index in [2.05, 4.69) is 50.6 Å². The number of benzene rings is 2. The van der Waals surface area contributed by atoms with Gasteiger partial charge in [0, 0.05) is 36.2 Å². The Labute approximate surface area is 181 Å². The summed E-state index contributed by atoms with van der Waals surface area (Å²) >= 11 is 6.85. The average molecular weight is 514 g/mol. The second kappa shape index (κ2) is 9.37. The molecular weight excluding hydrogens is 491 g/mol. The molecule has 3 rings (SSSR count). The standard InChI is InChI=1S/C21H23Br2FN2O2/c1-14-11-26(21(27)13-28-20-8-5-17(22)9-19(20)23)15(2)10-25(14)12-16-3-6-18(24)7-4-16/h3-9,14-15H,10-13H2,1-2H3. The summed E-state index contributed by atoms with van der Waals surface area (Å²) < 4.78 is 20.6. The monoisotopic (exact) mass is 512 g/mol. The molecule has 0 radical (unpaired) electrons. The van der Waals surface area contributed by atoms with E-state index in [0.717, 1.165) is 27.6 Å². The normalized spacial score (nSPS) is 20.2. The number of halogens is 3. The SMILES string of the molecule is CC1CN(C(=O)COc2ccc(Br)cc2Br)C(C)CN1Cc1ccc(F)cc1. The van der Waals surface area contributed by atoms with Crippen molar-refractivity contribution in [2.75, 3.05) is 19.7 Å². The van der Waals surface area contributed by atoms with Crippen LogP contribution in [0.2, 0.25) is 0 Å². The van der Waals surface area contributed by atoms with Crippen molar-refractivity contribution in [1.82, 2.24) is 9.80 Å². The van der Waals surface area contributed by atoms with Gasteiger partial charge in [-0.2, -0.15) is 0 Å². The maximum absolute atomic E-state index is 13.1. The van der Waals surface area contributed by atoms with E-state index in [4.69, 9.17) is 4.74 Å². The van der Waals surface area contributed by atoms with Crippen LogP contribution in [0.4, 0.5) is 4.39 Å². The molecule has 1 fully saturated rings. The van der Waals surface area contributed by atoms with Crippen molar-refractivity contribution < 1.29 is 13.9 Å². The van der Waals surface area contributed by atoms with Crippen molar-refractivity contribution in [2.24, 2.45) is 0 Å². The van der Waals surface area contributed by atoms with Gasteiger partial charge >= 0.3 is 0 Å². The second-order valence-corrected chi connectivity index (χ2v) is 8.93. The van der Waals surface area contributed by atoms with Gasteiger partial charge in [0.1, 0.15) is 11.6 Å². The number of piperazine rings is 1. The van der Waals surface area contributed by atoms with Crippen LogP contribution in [0, 0.1) is 5.82 Å². The minimum absolute atomic E-state index is 0.00918. The van der Waals surface area contributed by atoms with E-state index in [1.807, 2.05) is 35.2 Å².